The Kier molecular flexibility index (Phi) is 5.09. The van der Waals surface area contributed by atoms with Crippen molar-refractivity contribution in [2.75, 3.05) is 13.6 Å². The maximum absolute atomic E-state index is 11.8. The number of rotatable bonds is 6. The van der Waals surface area contributed by atoms with Gasteiger partial charge < -0.3 is 5.32 Å². The van der Waals surface area contributed by atoms with Crippen LogP contribution in [-0.4, -0.2) is 35.4 Å². The van der Waals surface area contributed by atoms with Crippen molar-refractivity contribution in [2.45, 2.75) is 32.9 Å². The second-order valence-electron chi connectivity index (χ2n) is 5.12. The van der Waals surface area contributed by atoms with Crippen molar-refractivity contribution < 1.29 is 4.79 Å². The zero-order valence-corrected chi connectivity index (χ0v) is 13.0. The standard InChI is InChI=1S/C15H21N3OS/c1-4-11(2)16-14(19)9-18(3)10-15-17-12-7-5-6-8-13(12)20-15/h5-8,11H,4,9-10H2,1-3H3,(H,16,19). The second kappa shape index (κ2) is 6.81. The number of hydrogen-bond acceptors (Lipinski definition) is 4. The zero-order chi connectivity index (χ0) is 14.5. The maximum atomic E-state index is 11.8. The largest absolute Gasteiger partial charge is 0.353 e. The van der Waals surface area contributed by atoms with Gasteiger partial charge in [-0.2, -0.15) is 0 Å². The summed E-state index contributed by atoms with van der Waals surface area (Å²) < 4.78 is 1.19. The number of fused-ring (bicyclic) bond motifs is 1. The smallest absolute Gasteiger partial charge is 0.234 e. The Labute approximate surface area is 123 Å². The molecule has 0 bridgehead atoms. The highest BCUT2D eigenvalue weighted by Gasteiger charge is 2.11. The van der Waals surface area contributed by atoms with Gasteiger partial charge in [-0.1, -0.05) is 19.1 Å². The third kappa shape index (κ3) is 4.02. The average molecular weight is 291 g/mol. The number of amides is 1. The van der Waals surface area contributed by atoms with E-state index in [2.05, 4.69) is 23.3 Å². The summed E-state index contributed by atoms with van der Waals surface area (Å²) in [5.74, 6) is 0.0722. The van der Waals surface area contributed by atoms with Crippen LogP contribution in [-0.2, 0) is 11.3 Å². The fourth-order valence-electron chi connectivity index (χ4n) is 1.94. The molecular formula is C15H21N3OS. The lowest BCUT2D eigenvalue weighted by Gasteiger charge is -2.17. The minimum atomic E-state index is 0.0722. The third-order valence-corrected chi connectivity index (χ3v) is 4.20. The van der Waals surface area contributed by atoms with Crippen LogP contribution in [0.1, 0.15) is 25.3 Å². The lowest BCUT2D eigenvalue weighted by atomic mass is 10.2. The molecule has 4 nitrogen and oxygen atoms in total. The van der Waals surface area contributed by atoms with Gasteiger partial charge >= 0.3 is 0 Å². The highest BCUT2D eigenvalue weighted by atomic mass is 32.1. The number of likely N-dealkylation sites (N-methyl/N-ethyl adjacent to an activating group) is 1. The monoisotopic (exact) mass is 291 g/mol. The normalized spacial score (nSPS) is 12.8. The first kappa shape index (κ1) is 14.9. The van der Waals surface area contributed by atoms with Crippen molar-refractivity contribution in [3.8, 4) is 0 Å². The number of aromatic nitrogens is 1. The molecule has 2 rings (SSSR count). The van der Waals surface area contributed by atoms with E-state index in [1.165, 1.54) is 4.70 Å². The number of hydrogen-bond donors (Lipinski definition) is 1. The van der Waals surface area contributed by atoms with Crippen LogP contribution in [0.3, 0.4) is 0 Å². The van der Waals surface area contributed by atoms with Crippen LogP contribution in [0, 0.1) is 0 Å². The number of carbonyl (C=O) groups excluding carboxylic acids is 1. The highest BCUT2D eigenvalue weighted by Crippen LogP contribution is 2.22. The Morgan fingerprint density at radius 1 is 1.45 bits per heavy atom. The Bertz CT molecular complexity index is 548. The third-order valence-electron chi connectivity index (χ3n) is 3.18. The first-order valence-corrected chi connectivity index (χ1v) is 7.72. The van der Waals surface area contributed by atoms with E-state index in [1.54, 1.807) is 11.3 Å². The van der Waals surface area contributed by atoms with E-state index >= 15 is 0 Å². The molecule has 1 aromatic carbocycles. The molecule has 0 aliphatic rings. The van der Waals surface area contributed by atoms with Crippen molar-refractivity contribution in [1.29, 1.82) is 0 Å². The van der Waals surface area contributed by atoms with E-state index in [0.717, 1.165) is 16.9 Å². The fraction of sp³-hybridized carbons (Fsp3) is 0.467. The van der Waals surface area contributed by atoms with Crippen molar-refractivity contribution >= 4 is 27.5 Å². The SMILES string of the molecule is CCC(C)NC(=O)CN(C)Cc1nc2ccccc2s1. The Morgan fingerprint density at radius 3 is 2.90 bits per heavy atom. The number of benzene rings is 1. The fourth-order valence-corrected chi connectivity index (χ4v) is 2.99. The molecule has 1 heterocycles. The minimum absolute atomic E-state index is 0.0722. The summed E-state index contributed by atoms with van der Waals surface area (Å²) in [6.45, 7) is 5.19. The molecule has 0 aliphatic heterocycles. The van der Waals surface area contributed by atoms with Crippen LogP contribution < -0.4 is 5.32 Å². The molecule has 2 aromatic rings. The summed E-state index contributed by atoms with van der Waals surface area (Å²) in [4.78, 5) is 18.4. The van der Waals surface area contributed by atoms with Crippen LogP contribution in [0.4, 0.5) is 0 Å². The van der Waals surface area contributed by atoms with Crippen LogP contribution in [0.5, 0.6) is 0 Å². The van der Waals surface area contributed by atoms with Crippen molar-refractivity contribution in [1.82, 2.24) is 15.2 Å². The molecule has 1 N–H and O–H groups in total. The van der Waals surface area contributed by atoms with Crippen LogP contribution in [0.25, 0.3) is 10.2 Å². The van der Waals surface area contributed by atoms with Crippen molar-refractivity contribution in [3.05, 3.63) is 29.3 Å². The first-order chi connectivity index (χ1) is 9.58. The molecular weight excluding hydrogens is 270 g/mol. The van der Waals surface area contributed by atoms with E-state index in [4.69, 9.17) is 0 Å². The molecule has 0 saturated heterocycles. The van der Waals surface area contributed by atoms with Crippen molar-refractivity contribution in [3.63, 3.8) is 0 Å². The van der Waals surface area contributed by atoms with Gasteiger partial charge in [-0.15, -0.1) is 11.3 Å². The molecule has 5 heteroatoms. The van der Waals surface area contributed by atoms with E-state index in [9.17, 15) is 4.79 Å². The average Bonchev–Trinajstić information content (AvgIpc) is 2.79. The van der Waals surface area contributed by atoms with Crippen LogP contribution >= 0.6 is 11.3 Å². The Hall–Kier alpha value is -1.46. The van der Waals surface area contributed by atoms with Crippen LogP contribution in [0.15, 0.2) is 24.3 Å². The van der Waals surface area contributed by atoms with Crippen molar-refractivity contribution in [2.24, 2.45) is 0 Å². The molecule has 0 saturated carbocycles. The van der Waals surface area contributed by atoms with E-state index in [0.29, 0.717) is 13.1 Å². The summed E-state index contributed by atoms with van der Waals surface area (Å²) >= 11 is 1.69. The predicted octanol–water partition coefficient (Wildman–Crippen LogP) is 2.64. The minimum Gasteiger partial charge on any atom is -0.353 e. The van der Waals surface area contributed by atoms with Gasteiger partial charge in [0.25, 0.3) is 0 Å². The summed E-state index contributed by atoms with van der Waals surface area (Å²) in [6.07, 6.45) is 0.952. The van der Waals surface area contributed by atoms with Crippen LogP contribution in [0.2, 0.25) is 0 Å². The quantitative estimate of drug-likeness (QED) is 0.890. The number of carbonyl (C=O) groups is 1. The topological polar surface area (TPSA) is 45.2 Å². The summed E-state index contributed by atoms with van der Waals surface area (Å²) in [5.41, 5.74) is 1.03. The molecule has 0 aliphatic carbocycles. The van der Waals surface area contributed by atoms with Gasteiger partial charge in [-0.25, -0.2) is 4.98 Å². The number of thiazole rings is 1. The van der Waals surface area contributed by atoms with Gasteiger partial charge in [-0.3, -0.25) is 9.69 Å². The molecule has 0 radical (unpaired) electrons. The molecule has 20 heavy (non-hydrogen) atoms. The summed E-state index contributed by atoms with van der Waals surface area (Å²) in [5, 5.41) is 4.02. The molecule has 0 spiro atoms. The highest BCUT2D eigenvalue weighted by molar-refractivity contribution is 7.18. The first-order valence-electron chi connectivity index (χ1n) is 6.91. The molecule has 1 unspecified atom stereocenters. The van der Waals surface area contributed by atoms with Gasteiger partial charge in [0.05, 0.1) is 23.3 Å². The predicted molar refractivity (Wildman–Crippen MR) is 83.8 cm³/mol. The number of nitrogens with zero attached hydrogens (tertiary/aromatic N) is 2. The van der Waals surface area contributed by atoms with Gasteiger partial charge in [0.15, 0.2) is 0 Å². The van der Waals surface area contributed by atoms with Gasteiger partial charge in [-0.05, 0) is 32.5 Å². The lowest BCUT2D eigenvalue weighted by Crippen LogP contribution is -2.39. The molecule has 1 amide bonds. The zero-order valence-electron chi connectivity index (χ0n) is 12.2. The summed E-state index contributed by atoms with van der Waals surface area (Å²) in [6, 6.07) is 8.35. The Morgan fingerprint density at radius 2 is 2.20 bits per heavy atom. The number of nitrogens with one attached hydrogen (secondary N) is 1. The Balaban J connectivity index is 1.90. The summed E-state index contributed by atoms with van der Waals surface area (Å²) in [7, 11) is 1.95. The van der Waals surface area contributed by atoms with E-state index in [1.807, 2.05) is 37.1 Å². The maximum Gasteiger partial charge on any atom is 0.234 e. The molecule has 1 aromatic heterocycles. The van der Waals surface area contributed by atoms with E-state index < -0.39 is 0 Å². The molecule has 0 fully saturated rings. The van der Waals surface area contributed by atoms with Gasteiger partial charge in [0.1, 0.15) is 5.01 Å². The van der Waals surface area contributed by atoms with Gasteiger partial charge in [0, 0.05) is 6.04 Å². The molecule has 108 valence electrons. The lowest BCUT2D eigenvalue weighted by molar-refractivity contribution is -0.122. The van der Waals surface area contributed by atoms with E-state index in [-0.39, 0.29) is 11.9 Å². The van der Waals surface area contributed by atoms with Gasteiger partial charge in [0.2, 0.25) is 5.91 Å². The number of para-hydroxylation sites is 1. The molecule has 1 atom stereocenters. The second-order valence-corrected chi connectivity index (χ2v) is 6.24.